The Morgan fingerprint density at radius 1 is 1.03 bits per heavy atom. The van der Waals surface area contributed by atoms with Crippen LogP contribution in [0.25, 0.3) is 0 Å². The van der Waals surface area contributed by atoms with Crippen LogP contribution in [-0.4, -0.2) is 80.9 Å². The molecule has 0 aliphatic carbocycles. The quantitative estimate of drug-likeness (QED) is 0.273. The molecule has 10 heteroatoms. The number of ether oxygens (including phenoxy) is 2. The first-order valence-electron chi connectivity index (χ1n) is 13.9. The monoisotopic (exact) mass is 545 g/mol. The highest BCUT2D eigenvalue weighted by atomic mass is 16.5. The lowest BCUT2D eigenvalue weighted by Crippen LogP contribution is -2.44. The summed E-state index contributed by atoms with van der Waals surface area (Å²) in [5.74, 6) is -2.76. The lowest BCUT2D eigenvalue weighted by molar-refractivity contribution is -0.160. The lowest BCUT2D eigenvalue weighted by atomic mass is 9.78. The molecule has 1 heterocycles. The SMILES string of the molecule is CC(=O)OC(C(C)CC(C)C1OC(=O)C(C)NC(=O)CC(O)CC(O)C(C)CC1C)C(C)C(O)CC(C)O. The van der Waals surface area contributed by atoms with Gasteiger partial charge in [0.25, 0.3) is 0 Å². The van der Waals surface area contributed by atoms with E-state index < -0.39 is 66.4 Å². The van der Waals surface area contributed by atoms with Gasteiger partial charge in [-0.1, -0.05) is 34.6 Å². The average Bonchev–Trinajstić information content (AvgIpc) is 2.78. The molecule has 0 bridgehead atoms. The van der Waals surface area contributed by atoms with Crippen molar-refractivity contribution in [2.75, 3.05) is 0 Å². The van der Waals surface area contributed by atoms with Crippen molar-refractivity contribution in [1.29, 1.82) is 0 Å². The van der Waals surface area contributed by atoms with Gasteiger partial charge in [-0.25, -0.2) is 4.79 Å². The van der Waals surface area contributed by atoms with E-state index in [1.165, 1.54) is 13.8 Å². The molecular weight excluding hydrogens is 494 g/mol. The molecule has 12 atom stereocenters. The molecule has 1 amide bonds. The first kappa shape index (κ1) is 34.3. The minimum atomic E-state index is -1.02. The smallest absolute Gasteiger partial charge is 0.328 e. The number of rotatable bonds is 9. The second-order valence-corrected chi connectivity index (χ2v) is 11.8. The van der Waals surface area contributed by atoms with Crippen molar-refractivity contribution in [2.24, 2.45) is 29.6 Å². The molecule has 1 rings (SSSR count). The predicted octanol–water partition coefficient (Wildman–Crippen LogP) is 1.94. The summed E-state index contributed by atoms with van der Waals surface area (Å²) in [7, 11) is 0. The van der Waals surface area contributed by atoms with Crippen molar-refractivity contribution < 1.29 is 44.3 Å². The number of amides is 1. The Morgan fingerprint density at radius 3 is 2.18 bits per heavy atom. The highest BCUT2D eigenvalue weighted by Crippen LogP contribution is 2.33. The zero-order chi connectivity index (χ0) is 29.3. The Kier molecular flexibility index (Phi) is 14.2. The molecular formula is C28H51NO9. The summed E-state index contributed by atoms with van der Waals surface area (Å²) >= 11 is 0. The fraction of sp³-hybridized carbons (Fsp3) is 0.893. The van der Waals surface area contributed by atoms with Crippen molar-refractivity contribution in [3.05, 3.63) is 0 Å². The first-order valence-corrected chi connectivity index (χ1v) is 13.9. The Labute approximate surface area is 227 Å². The largest absolute Gasteiger partial charge is 0.462 e. The average molecular weight is 546 g/mol. The number of aliphatic hydroxyl groups excluding tert-OH is 4. The molecule has 222 valence electrons. The lowest BCUT2D eigenvalue weighted by Gasteiger charge is -2.37. The molecule has 0 aromatic heterocycles. The van der Waals surface area contributed by atoms with Gasteiger partial charge in [0.05, 0.1) is 30.8 Å². The van der Waals surface area contributed by atoms with E-state index in [1.807, 2.05) is 27.7 Å². The number of cyclic esters (lactones) is 1. The van der Waals surface area contributed by atoms with Gasteiger partial charge in [-0.3, -0.25) is 9.59 Å². The minimum absolute atomic E-state index is 0.0541. The Hall–Kier alpha value is -1.75. The number of nitrogens with one attached hydrogen (secondary N) is 1. The van der Waals surface area contributed by atoms with Crippen LogP contribution < -0.4 is 5.32 Å². The van der Waals surface area contributed by atoms with Gasteiger partial charge < -0.3 is 35.2 Å². The molecule has 1 fully saturated rings. The van der Waals surface area contributed by atoms with Crippen molar-refractivity contribution in [2.45, 2.75) is 130 Å². The molecule has 0 spiro atoms. The predicted molar refractivity (Wildman–Crippen MR) is 142 cm³/mol. The summed E-state index contributed by atoms with van der Waals surface area (Å²) in [5, 5.41) is 43.7. The third-order valence-corrected chi connectivity index (χ3v) is 7.75. The number of aliphatic hydroxyl groups is 4. The van der Waals surface area contributed by atoms with Gasteiger partial charge in [0, 0.05) is 12.8 Å². The first-order chi connectivity index (χ1) is 17.5. The number of hydrogen-bond acceptors (Lipinski definition) is 9. The summed E-state index contributed by atoms with van der Waals surface area (Å²) in [6, 6.07) is -0.915. The Bertz CT molecular complexity index is 761. The van der Waals surface area contributed by atoms with Crippen molar-refractivity contribution in [3.8, 4) is 0 Å². The maximum Gasteiger partial charge on any atom is 0.328 e. The molecule has 38 heavy (non-hydrogen) atoms. The molecule has 0 aromatic carbocycles. The van der Waals surface area contributed by atoms with Gasteiger partial charge in [-0.15, -0.1) is 0 Å². The summed E-state index contributed by atoms with van der Waals surface area (Å²) < 4.78 is 11.6. The number of esters is 2. The molecule has 0 saturated carbocycles. The van der Waals surface area contributed by atoms with E-state index in [4.69, 9.17) is 9.47 Å². The molecule has 0 radical (unpaired) electrons. The van der Waals surface area contributed by atoms with E-state index in [0.717, 1.165) is 0 Å². The standard InChI is InChI=1S/C28H51NO9/c1-14-9-15(2)26(38-28(36)20(7)29-25(35)13-22(32)12-23(14)33)16(3)10-17(4)27(37-21(8)31)19(6)24(34)11-18(5)30/h14-20,22-24,26-27,30,32-34H,9-13H2,1-8H3,(H,29,35). The third kappa shape index (κ3) is 11.2. The summed E-state index contributed by atoms with van der Waals surface area (Å²) in [6.07, 6.45) is -3.59. The van der Waals surface area contributed by atoms with Crippen molar-refractivity contribution in [1.82, 2.24) is 5.32 Å². The second-order valence-electron chi connectivity index (χ2n) is 11.8. The molecule has 5 N–H and O–H groups in total. The van der Waals surface area contributed by atoms with Crippen LogP contribution in [0.3, 0.4) is 0 Å². The van der Waals surface area contributed by atoms with Crippen LogP contribution in [-0.2, 0) is 23.9 Å². The molecule has 12 unspecified atom stereocenters. The topological polar surface area (TPSA) is 163 Å². The summed E-state index contributed by atoms with van der Waals surface area (Å²) in [6.45, 7) is 13.9. The van der Waals surface area contributed by atoms with E-state index in [1.54, 1.807) is 13.8 Å². The highest BCUT2D eigenvalue weighted by molar-refractivity contribution is 5.84. The maximum atomic E-state index is 12.9. The normalized spacial score (nSPS) is 32.6. The molecule has 0 aromatic rings. The van der Waals surface area contributed by atoms with Crippen LogP contribution in [0.2, 0.25) is 0 Å². The van der Waals surface area contributed by atoms with Gasteiger partial charge in [-0.2, -0.15) is 0 Å². The van der Waals surface area contributed by atoms with Crippen LogP contribution in [0.1, 0.15) is 87.5 Å². The van der Waals surface area contributed by atoms with E-state index in [0.29, 0.717) is 12.8 Å². The Balaban J connectivity index is 3.17. The number of hydrogen-bond donors (Lipinski definition) is 5. The number of carbonyl (C=O) groups excluding carboxylic acids is 3. The fourth-order valence-corrected chi connectivity index (χ4v) is 5.65. The van der Waals surface area contributed by atoms with E-state index in [2.05, 4.69) is 5.32 Å². The molecule has 10 nitrogen and oxygen atoms in total. The van der Waals surface area contributed by atoms with Crippen molar-refractivity contribution in [3.63, 3.8) is 0 Å². The van der Waals surface area contributed by atoms with Gasteiger partial charge in [0.15, 0.2) is 0 Å². The molecule has 1 aliphatic heterocycles. The third-order valence-electron chi connectivity index (χ3n) is 7.75. The zero-order valence-electron chi connectivity index (χ0n) is 24.3. The van der Waals surface area contributed by atoms with Crippen LogP contribution in [0.15, 0.2) is 0 Å². The van der Waals surface area contributed by atoms with E-state index >= 15 is 0 Å². The maximum absolute atomic E-state index is 12.9. The van der Waals surface area contributed by atoms with Gasteiger partial charge in [0.2, 0.25) is 5.91 Å². The zero-order valence-corrected chi connectivity index (χ0v) is 24.3. The highest BCUT2D eigenvalue weighted by Gasteiger charge is 2.37. The van der Waals surface area contributed by atoms with Crippen LogP contribution in [0.4, 0.5) is 0 Å². The van der Waals surface area contributed by atoms with Crippen LogP contribution in [0.5, 0.6) is 0 Å². The fourth-order valence-electron chi connectivity index (χ4n) is 5.65. The van der Waals surface area contributed by atoms with Gasteiger partial charge in [-0.05, 0) is 63.2 Å². The molecule has 1 aliphatic rings. The van der Waals surface area contributed by atoms with E-state index in [-0.39, 0.29) is 42.9 Å². The number of carbonyl (C=O) groups is 3. The second kappa shape index (κ2) is 15.7. The Morgan fingerprint density at radius 2 is 1.63 bits per heavy atom. The summed E-state index contributed by atoms with van der Waals surface area (Å²) in [5.41, 5.74) is 0. The minimum Gasteiger partial charge on any atom is -0.462 e. The van der Waals surface area contributed by atoms with E-state index in [9.17, 15) is 34.8 Å². The van der Waals surface area contributed by atoms with Crippen LogP contribution in [0, 0.1) is 29.6 Å². The molecule has 1 saturated heterocycles. The van der Waals surface area contributed by atoms with Crippen molar-refractivity contribution >= 4 is 17.8 Å². The van der Waals surface area contributed by atoms with Gasteiger partial charge >= 0.3 is 11.9 Å². The van der Waals surface area contributed by atoms with Gasteiger partial charge in [0.1, 0.15) is 18.2 Å². The van der Waals surface area contributed by atoms with Crippen LogP contribution >= 0.6 is 0 Å². The summed E-state index contributed by atoms with van der Waals surface area (Å²) in [4.78, 5) is 37.1.